The van der Waals surface area contributed by atoms with Gasteiger partial charge in [0.1, 0.15) is 0 Å². The van der Waals surface area contributed by atoms with Crippen molar-refractivity contribution >= 4 is 29.6 Å². The number of hydrogen-bond acceptors (Lipinski definition) is 8. The SMILES string of the molecule is O.O.O.O.On1nnnc1-c1nnnn1O.[Na]. The van der Waals surface area contributed by atoms with Crippen molar-refractivity contribution in [3.05, 3.63) is 0 Å². The van der Waals surface area contributed by atoms with E-state index in [-0.39, 0.29) is 63.1 Å². The fraction of sp³-hybridized carbons (Fsp3) is 0. The van der Waals surface area contributed by atoms with E-state index in [9.17, 15) is 0 Å². The first-order valence-corrected chi connectivity index (χ1v) is 2.74. The third kappa shape index (κ3) is 4.53. The van der Waals surface area contributed by atoms with Gasteiger partial charge in [-0.15, -0.1) is 10.2 Å². The summed E-state index contributed by atoms with van der Waals surface area (Å²) in [7, 11) is 0. The smallest absolute Gasteiger partial charge is 0.264 e. The van der Waals surface area contributed by atoms with Crippen LogP contribution in [0.4, 0.5) is 0 Å². The quantitative estimate of drug-likeness (QED) is 0.369. The maximum Gasteiger partial charge on any atom is 0.264 e. The summed E-state index contributed by atoms with van der Waals surface area (Å²) in [6.07, 6.45) is 0. The van der Waals surface area contributed by atoms with Crippen LogP contribution in [0.5, 0.6) is 0 Å². The number of nitrogens with zero attached hydrogens (tertiary/aromatic N) is 8. The Labute approximate surface area is 114 Å². The molecular weight excluding hydrogens is 255 g/mol. The molecule has 14 nitrogen and oxygen atoms in total. The second-order valence-corrected chi connectivity index (χ2v) is 1.78. The van der Waals surface area contributed by atoms with Crippen LogP contribution in [0.1, 0.15) is 0 Å². The number of tetrazole rings is 2. The van der Waals surface area contributed by atoms with E-state index in [2.05, 4.69) is 31.1 Å². The van der Waals surface area contributed by atoms with E-state index in [1.54, 1.807) is 0 Å². The van der Waals surface area contributed by atoms with Crippen molar-refractivity contribution in [1.82, 2.24) is 40.7 Å². The molecule has 0 aliphatic heterocycles. The second-order valence-electron chi connectivity index (χ2n) is 1.78. The Balaban J connectivity index is -0.000000169. The molecule has 2 aromatic rings. The van der Waals surface area contributed by atoms with Crippen LogP contribution >= 0.6 is 0 Å². The molecular formula is C2H10N8NaO6. The summed E-state index contributed by atoms with van der Waals surface area (Å²) in [5.41, 5.74) is 0. The van der Waals surface area contributed by atoms with E-state index in [1.165, 1.54) is 0 Å². The Hall–Kier alpha value is -1.42. The molecule has 1 radical (unpaired) electrons. The summed E-state index contributed by atoms with van der Waals surface area (Å²) >= 11 is 0. The van der Waals surface area contributed by atoms with Crippen molar-refractivity contribution in [2.75, 3.05) is 0 Å². The van der Waals surface area contributed by atoms with Gasteiger partial charge in [-0.25, -0.2) is 0 Å². The topological polar surface area (TPSA) is 254 Å². The van der Waals surface area contributed by atoms with Gasteiger partial charge in [-0.2, -0.15) is 0 Å². The molecule has 0 saturated carbocycles. The summed E-state index contributed by atoms with van der Waals surface area (Å²) in [5.74, 6) is -0.301. The Morgan fingerprint density at radius 3 is 1.18 bits per heavy atom. The average Bonchev–Trinajstić information content (AvgIpc) is 2.59. The monoisotopic (exact) mass is 265 g/mol. The Morgan fingerprint density at radius 2 is 1.00 bits per heavy atom. The normalized spacial score (nSPS) is 7.29. The van der Waals surface area contributed by atoms with Crippen molar-refractivity contribution in [1.29, 1.82) is 0 Å². The van der Waals surface area contributed by atoms with Gasteiger partial charge >= 0.3 is 0 Å². The van der Waals surface area contributed by atoms with Crippen molar-refractivity contribution in [2.45, 2.75) is 0 Å². The van der Waals surface area contributed by atoms with E-state index in [0.29, 0.717) is 9.69 Å². The first-order chi connectivity index (χ1) is 5.79. The molecule has 2 rings (SSSR count). The Kier molecular flexibility index (Phi) is 14.2. The zero-order chi connectivity index (χ0) is 8.55. The van der Waals surface area contributed by atoms with E-state index < -0.39 is 0 Å². The fourth-order valence-electron chi connectivity index (χ4n) is 0.634. The van der Waals surface area contributed by atoms with Gasteiger partial charge in [-0.1, -0.05) is 9.69 Å². The van der Waals surface area contributed by atoms with Crippen molar-refractivity contribution < 1.29 is 32.3 Å². The summed E-state index contributed by atoms with van der Waals surface area (Å²) in [6.45, 7) is 0. The average molecular weight is 265 g/mol. The van der Waals surface area contributed by atoms with Gasteiger partial charge in [0.15, 0.2) is 0 Å². The summed E-state index contributed by atoms with van der Waals surface area (Å²) in [6, 6.07) is 0. The van der Waals surface area contributed by atoms with Gasteiger partial charge in [0.2, 0.25) is 0 Å². The molecule has 0 aliphatic rings. The molecule has 0 aromatic carbocycles. The zero-order valence-corrected chi connectivity index (χ0v) is 10.5. The Bertz CT molecular complexity index is 364. The molecule has 0 saturated heterocycles. The molecule has 0 amide bonds. The van der Waals surface area contributed by atoms with Crippen LogP contribution in [0.2, 0.25) is 0 Å². The van der Waals surface area contributed by atoms with E-state index >= 15 is 0 Å². The fourth-order valence-corrected chi connectivity index (χ4v) is 0.634. The number of aromatic nitrogens is 8. The summed E-state index contributed by atoms with van der Waals surface area (Å²) < 4.78 is 0. The molecule has 17 heavy (non-hydrogen) atoms. The molecule has 0 aliphatic carbocycles. The predicted molar refractivity (Wildman–Crippen MR) is 49.2 cm³/mol. The van der Waals surface area contributed by atoms with Crippen LogP contribution in [-0.4, -0.2) is 103 Å². The van der Waals surface area contributed by atoms with Crippen LogP contribution in [0, 0.1) is 0 Å². The largest absolute Gasteiger partial charge is 0.412 e. The minimum Gasteiger partial charge on any atom is -0.412 e. The van der Waals surface area contributed by atoms with Gasteiger partial charge in [0, 0.05) is 29.6 Å². The predicted octanol–water partition coefficient (Wildman–Crippen LogP) is -5.88. The molecule has 2 aromatic heterocycles. The molecule has 15 heteroatoms. The number of hydrogen-bond donors (Lipinski definition) is 2. The molecule has 95 valence electrons. The van der Waals surface area contributed by atoms with E-state index in [1.807, 2.05) is 0 Å². The number of rotatable bonds is 1. The van der Waals surface area contributed by atoms with Crippen LogP contribution in [0.3, 0.4) is 0 Å². The molecule has 2 heterocycles. The molecule has 10 N–H and O–H groups in total. The summed E-state index contributed by atoms with van der Waals surface area (Å²) in [4.78, 5) is 0.691. The Morgan fingerprint density at radius 1 is 0.706 bits per heavy atom. The van der Waals surface area contributed by atoms with Crippen molar-refractivity contribution in [2.24, 2.45) is 0 Å². The van der Waals surface area contributed by atoms with E-state index in [0.717, 1.165) is 0 Å². The first kappa shape index (κ1) is 24.7. The maximum atomic E-state index is 8.91. The van der Waals surface area contributed by atoms with Gasteiger partial charge in [0.05, 0.1) is 0 Å². The molecule has 0 atom stereocenters. The minimum absolute atomic E-state index is 0. The van der Waals surface area contributed by atoms with Gasteiger partial charge in [-0.05, 0) is 20.9 Å². The van der Waals surface area contributed by atoms with Gasteiger partial charge in [0.25, 0.3) is 11.6 Å². The van der Waals surface area contributed by atoms with Crippen LogP contribution < -0.4 is 0 Å². The summed E-state index contributed by atoms with van der Waals surface area (Å²) in [5, 5.41) is 36.9. The molecule has 0 fully saturated rings. The van der Waals surface area contributed by atoms with Crippen LogP contribution in [-0.2, 0) is 0 Å². The van der Waals surface area contributed by atoms with Crippen LogP contribution in [0.25, 0.3) is 11.6 Å². The standard InChI is InChI=1S/C2H2N8O2.Na.4H2O/c11-9-1(3-5-7-9)2-4-6-8-10(2)12;;;;;/h11-12H;;4*1H2. The van der Waals surface area contributed by atoms with Crippen molar-refractivity contribution in [3.63, 3.8) is 0 Å². The molecule has 0 bridgehead atoms. The molecule has 0 spiro atoms. The molecule has 0 unspecified atom stereocenters. The van der Waals surface area contributed by atoms with Gasteiger partial charge < -0.3 is 32.3 Å². The second kappa shape index (κ2) is 9.78. The third-order valence-electron chi connectivity index (χ3n) is 1.11. The van der Waals surface area contributed by atoms with Crippen LogP contribution in [0.15, 0.2) is 0 Å². The van der Waals surface area contributed by atoms with Gasteiger partial charge in [-0.3, -0.25) is 0 Å². The zero-order valence-electron chi connectivity index (χ0n) is 8.47. The minimum atomic E-state index is -0.150. The van der Waals surface area contributed by atoms with E-state index in [4.69, 9.17) is 10.4 Å². The maximum absolute atomic E-state index is 8.91. The first-order valence-electron chi connectivity index (χ1n) is 2.74. The third-order valence-corrected chi connectivity index (χ3v) is 1.11. The van der Waals surface area contributed by atoms with Crippen molar-refractivity contribution in [3.8, 4) is 11.6 Å².